The molecule has 0 amide bonds. The number of ether oxygens (including phenoxy) is 1. The summed E-state index contributed by atoms with van der Waals surface area (Å²) in [5.74, 6) is 0.443. The Morgan fingerprint density at radius 3 is 2.14 bits per heavy atom. The molecule has 0 saturated heterocycles. The van der Waals surface area contributed by atoms with E-state index in [-0.39, 0.29) is 22.9 Å². The molecule has 0 aliphatic rings. The van der Waals surface area contributed by atoms with Gasteiger partial charge in [-0.2, -0.15) is 0 Å². The van der Waals surface area contributed by atoms with Crippen LogP contribution in [0.25, 0.3) is 0 Å². The molecule has 0 aliphatic carbocycles. The summed E-state index contributed by atoms with van der Waals surface area (Å²) in [5.41, 5.74) is 2.02. The number of halogens is 2. The van der Waals surface area contributed by atoms with E-state index in [1.807, 2.05) is 37.3 Å². The summed E-state index contributed by atoms with van der Waals surface area (Å²) < 4.78 is 18.7. The van der Waals surface area contributed by atoms with Crippen LogP contribution in [0.1, 0.15) is 37.1 Å². The molecule has 0 aromatic heterocycles. The van der Waals surface area contributed by atoms with Crippen molar-refractivity contribution < 1.29 is 9.13 Å². The smallest absolute Gasteiger partial charge is 0.142 e. The van der Waals surface area contributed by atoms with Crippen molar-refractivity contribution in [2.75, 3.05) is 7.11 Å². The lowest BCUT2D eigenvalue weighted by molar-refractivity contribution is 0.414. The highest BCUT2D eigenvalue weighted by Crippen LogP contribution is 2.24. The maximum Gasteiger partial charge on any atom is 0.142 e. The van der Waals surface area contributed by atoms with Crippen LogP contribution in [-0.4, -0.2) is 7.11 Å². The van der Waals surface area contributed by atoms with Crippen molar-refractivity contribution in [3.8, 4) is 5.75 Å². The van der Waals surface area contributed by atoms with Crippen LogP contribution in [-0.2, 0) is 0 Å². The predicted molar refractivity (Wildman–Crippen MR) is 84.4 cm³/mol. The lowest BCUT2D eigenvalue weighted by Crippen LogP contribution is -2.22. The summed E-state index contributed by atoms with van der Waals surface area (Å²) >= 11 is 5.71. The molecule has 1 N–H and O–H groups in total. The molecule has 2 aromatic carbocycles. The lowest BCUT2D eigenvalue weighted by Gasteiger charge is -2.21. The van der Waals surface area contributed by atoms with E-state index >= 15 is 0 Å². The third kappa shape index (κ3) is 3.96. The topological polar surface area (TPSA) is 21.3 Å². The molecule has 0 spiro atoms. The fourth-order valence-corrected chi connectivity index (χ4v) is 2.36. The normalized spacial score (nSPS) is 13.8. The van der Waals surface area contributed by atoms with E-state index in [0.717, 1.165) is 16.9 Å². The van der Waals surface area contributed by atoms with Gasteiger partial charge in [0.25, 0.3) is 0 Å². The van der Waals surface area contributed by atoms with Gasteiger partial charge in [-0.25, -0.2) is 4.39 Å². The summed E-state index contributed by atoms with van der Waals surface area (Å²) in [6.07, 6.45) is 0. The molecule has 0 heterocycles. The minimum Gasteiger partial charge on any atom is -0.497 e. The molecular formula is C17H19ClFNO. The van der Waals surface area contributed by atoms with Gasteiger partial charge in [0.1, 0.15) is 11.6 Å². The Bertz CT molecular complexity index is 600. The third-order valence-electron chi connectivity index (χ3n) is 3.56. The van der Waals surface area contributed by atoms with E-state index in [1.54, 1.807) is 13.2 Å². The van der Waals surface area contributed by atoms with E-state index in [1.165, 1.54) is 6.07 Å². The average Bonchev–Trinajstić information content (AvgIpc) is 2.50. The van der Waals surface area contributed by atoms with Gasteiger partial charge < -0.3 is 10.1 Å². The molecule has 2 rings (SSSR count). The highest BCUT2D eigenvalue weighted by Gasteiger charge is 2.12. The monoisotopic (exact) mass is 307 g/mol. The first-order valence-corrected chi connectivity index (χ1v) is 7.24. The molecule has 2 nitrogen and oxygen atoms in total. The Balaban J connectivity index is 2.06. The van der Waals surface area contributed by atoms with Crippen molar-refractivity contribution in [1.82, 2.24) is 5.32 Å². The van der Waals surface area contributed by atoms with Crippen LogP contribution >= 0.6 is 11.6 Å². The van der Waals surface area contributed by atoms with Crippen molar-refractivity contribution in [2.45, 2.75) is 25.9 Å². The summed E-state index contributed by atoms with van der Waals surface area (Å²) in [5, 5.41) is 3.59. The van der Waals surface area contributed by atoms with Crippen molar-refractivity contribution in [3.63, 3.8) is 0 Å². The Labute approximate surface area is 129 Å². The van der Waals surface area contributed by atoms with Gasteiger partial charge in [-0.15, -0.1) is 0 Å². The van der Waals surface area contributed by atoms with Crippen LogP contribution in [0.4, 0.5) is 4.39 Å². The molecular weight excluding hydrogens is 289 g/mol. The second kappa shape index (κ2) is 6.92. The van der Waals surface area contributed by atoms with Gasteiger partial charge in [-0.3, -0.25) is 0 Å². The SMILES string of the molecule is COc1ccc([C@H](C)NC(C)c2ccc(Cl)c(F)c2)cc1. The van der Waals surface area contributed by atoms with Gasteiger partial charge in [0, 0.05) is 12.1 Å². The zero-order valence-corrected chi connectivity index (χ0v) is 13.1. The fourth-order valence-electron chi connectivity index (χ4n) is 2.24. The molecule has 112 valence electrons. The zero-order valence-electron chi connectivity index (χ0n) is 12.4. The average molecular weight is 308 g/mol. The predicted octanol–water partition coefficient (Wildman–Crippen LogP) is 4.90. The number of methoxy groups -OCH3 is 1. The van der Waals surface area contributed by atoms with Crippen molar-refractivity contribution in [2.24, 2.45) is 0 Å². The quantitative estimate of drug-likeness (QED) is 0.848. The standard InChI is InChI=1S/C17H19ClFNO/c1-11(13-4-7-15(21-3)8-5-13)20-12(2)14-6-9-16(18)17(19)10-14/h4-12,20H,1-3H3/t11-,12?/m0/s1. The molecule has 0 fully saturated rings. The Morgan fingerprint density at radius 1 is 1.00 bits per heavy atom. The molecule has 1 unspecified atom stereocenters. The lowest BCUT2D eigenvalue weighted by atomic mass is 10.0. The van der Waals surface area contributed by atoms with Crippen molar-refractivity contribution >= 4 is 11.6 Å². The summed E-state index contributed by atoms with van der Waals surface area (Å²) in [6.45, 7) is 4.08. The van der Waals surface area contributed by atoms with E-state index in [0.29, 0.717) is 0 Å². The molecule has 0 bridgehead atoms. The van der Waals surface area contributed by atoms with E-state index in [4.69, 9.17) is 16.3 Å². The van der Waals surface area contributed by atoms with Crippen molar-refractivity contribution in [1.29, 1.82) is 0 Å². The van der Waals surface area contributed by atoms with Crippen LogP contribution in [0.2, 0.25) is 5.02 Å². The minimum atomic E-state index is -0.389. The highest BCUT2D eigenvalue weighted by atomic mass is 35.5. The Hall–Kier alpha value is -1.58. The Kier molecular flexibility index (Phi) is 5.21. The number of hydrogen-bond acceptors (Lipinski definition) is 2. The van der Waals surface area contributed by atoms with Gasteiger partial charge in [-0.1, -0.05) is 29.8 Å². The molecule has 4 heteroatoms. The van der Waals surface area contributed by atoms with Crippen molar-refractivity contribution in [3.05, 3.63) is 64.4 Å². The molecule has 0 radical (unpaired) electrons. The number of hydrogen-bond donors (Lipinski definition) is 1. The third-order valence-corrected chi connectivity index (χ3v) is 3.87. The molecule has 2 aromatic rings. The maximum absolute atomic E-state index is 13.5. The van der Waals surface area contributed by atoms with Gasteiger partial charge in [0.05, 0.1) is 12.1 Å². The summed E-state index contributed by atoms with van der Waals surface area (Å²) in [4.78, 5) is 0. The van der Waals surface area contributed by atoms with Crippen LogP contribution in [0.15, 0.2) is 42.5 Å². The van der Waals surface area contributed by atoms with Crippen LogP contribution < -0.4 is 10.1 Å². The Morgan fingerprint density at radius 2 is 1.57 bits per heavy atom. The van der Waals surface area contributed by atoms with Gasteiger partial charge in [0.2, 0.25) is 0 Å². The highest BCUT2D eigenvalue weighted by molar-refractivity contribution is 6.30. The second-order valence-electron chi connectivity index (χ2n) is 5.06. The largest absolute Gasteiger partial charge is 0.497 e. The van der Waals surface area contributed by atoms with E-state index in [2.05, 4.69) is 12.2 Å². The number of benzene rings is 2. The first-order chi connectivity index (χ1) is 10.0. The summed E-state index contributed by atoms with van der Waals surface area (Å²) in [6, 6.07) is 13.0. The minimum absolute atomic E-state index is 0.0221. The number of nitrogens with one attached hydrogen (secondary N) is 1. The van der Waals surface area contributed by atoms with E-state index < -0.39 is 0 Å². The second-order valence-corrected chi connectivity index (χ2v) is 5.46. The maximum atomic E-state index is 13.5. The van der Waals surface area contributed by atoms with Gasteiger partial charge in [-0.05, 0) is 49.2 Å². The molecule has 21 heavy (non-hydrogen) atoms. The molecule has 0 saturated carbocycles. The van der Waals surface area contributed by atoms with E-state index in [9.17, 15) is 4.39 Å². The molecule has 2 atom stereocenters. The van der Waals surface area contributed by atoms with Crippen LogP contribution in [0.5, 0.6) is 5.75 Å². The first kappa shape index (κ1) is 15.8. The van der Waals surface area contributed by atoms with Gasteiger partial charge in [0.15, 0.2) is 0 Å². The fraction of sp³-hybridized carbons (Fsp3) is 0.294. The molecule has 0 aliphatic heterocycles. The zero-order chi connectivity index (χ0) is 15.4. The first-order valence-electron chi connectivity index (χ1n) is 6.86. The number of rotatable bonds is 5. The van der Waals surface area contributed by atoms with Crippen LogP contribution in [0.3, 0.4) is 0 Å². The van der Waals surface area contributed by atoms with Gasteiger partial charge >= 0.3 is 0 Å². The van der Waals surface area contributed by atoms with Crippen LogP contribution in [0, 0.1) is 5.82 Å². The summed E-state index contributed by atoms with van der Waals surface area (Å²) in [7, 11) is 1.65.